The molecule has 1 aliphatic heterocycles. The van der Waals surface area contributed by atoms with Gasteiger partial charge in [-0.2, -0.15) is 13.2 Å². The predicted molar refractivity (Wildman–Crippen MR) is 60.1 cm³/mol. The Labute approximate surface area is 111 Å². The van der Waals surface area contributed by atoms with E-state index in [1.54, 1.807) is 0 Å². The van der Waals surface area contributed by atoms with Gasteiger partial charge in [-0.3, -0.25) is 9.59 Å². The Balaban J connectivity index is 2.79. The van der Waals surface area contributed by atoms with Gasteiger partial charge in [0, 0.05) is 17.8 Å². The van der Waals surface area contributed by atoms with Gasteiger partial charge in [0.1, 0.15) is 6.04 Å². The maximum Gasteiger partial charge on any atom is 0.409 e. The summed E-state index contributed by atoms with van der Waals surface area (Å²) >= 11 is 3.11. The lowest BCUT2D eigenvalue weighted by atomic mass is 10.1. The lowest BCUT2D eigenvalue weighted by Crippen LogP contribution is -2.48. The second kappa shape index (κ2) is 5.90. The van der Waals surface area contributed by atoms with Crippen LogP contribution in [0.4, 0.5) is 13.2 Å². The summed E-state index contributed by atoms with van der Waals surface area (Å²) in [5.41, 5.74) is 0. The number of ether oxygens (including phenoxy) is 1. The van der Waals surface area contributed by atoms with Crippen molar-refractivity contribution in [2.24, 2.45) is 0 Å². The second-order valence-corrected chi connectivity index (χ2v) is 5.21. The van der Waals surface area contributed by atoms with Gasteiger partial charge in [0.25, 0.3) is 0 Å². The summed E-state index contributed by atoms with van der Waals surface area (Å²) in [4.78, 5) is 23.0. The average molecular weight is 332 g/mol. The molecule has 1 rings (SSSR count). The fourth-order valence-corrected chi connectivity index (χ4v) is 2.36. The van der Waals surface area contributed by atoms with E-state index in [4.69, 9.17) is 0 Å². The van der Waals surface area contributed by atoms with Crippen LogP contribution in [0, 0.1) is 0 Å². The molecule has 18 heavy (non-hydrogen) atoms. The van der Waals surface area contributed by atoms with E-state index in [1.807, 2.05) is 0 Å². The van der Waals surface area contributed by atoms with Gasteiger partial charge in [0.05, 0.1) is 13.0 Å². The van der Waals surface area contributed by atoms with Gasteiger partial charge < -0.3 is 9.64 Å². The molecular weight excluding hydrogens is 319 g/mol. The smallest absolute Gasteiger partial charge is 0.409 e. The number of amides is 1. The number of hydrogen-bond donors (Lipinski definition) is 0. The van der Waals surface area contributed by atoms with Crippen molar-refractivity contribution in [3.8, 4) is 0 Å². The summed E-state index contributed by atoms with van der Waals surface area (Å²) in [7, 11) is 0. The zero-order valence-electron chi connectivity index (χ0n) is 9.67. The molecule has 1 fully saturated rings. The fourth-order valence-electron chi connectivity index (χ4n) is 1.77. The van der Waals surface area contributed by atoms with E-state index in [0.29, 0.717) is 4.90 Å². The Hall–Kier alpha value is -0.790. The van der Waals surface area contributed by atoms with Gasteiger partial charge >= 0.3 is 12.1 Å². The summed E-state index contributed by atoms with van der Waals surface area (Å²) in [5, 5.41) is 0. The van der Waals surface area contributed by atoms with Gasteiger partial charge in [-0.05, 0) is 6.92 Å². The maximum absolute atomic E-state index is 12.9. The number of nitrogens with zero attached hydrogens (tertiary/aromatic N) is 1. The van der Waals surface area contributed by atoms with Crippen LogP contribution in [0.1, 0.15) is 19.8 Å². The average Bonchev–Trinajstić information content (AvgIpc) is 2.53. The highest BCUT2D eigenvalue weighted by Gasteiger charge is 2.49. The van der Waals surface area contributed by atoms with Gasteiger partial charge in [-0.15, -0.1) is 0 Å². The molecule has 1 aliphatic rings. The number of carbonyl (C=O) groups excluding carboxylic acids is 2. The third-order valence-electron chi connectivity index (χ3n) is 2.53. The first-order chi connectivity index (χ1) is 8.25. The summed E-state index contributed by atoms with van der Waals surface area (Å²) < 4.78 is 43.1. The van der Waals surface area contributed by atoms with Crippen molar-refractivity contribution < 1.29 is 27.5 Å². The van der Waals surface area contributed by atoms with E-state index in [0.717, 1.165) is 0 Å². The number of alkyl halides is 4. The van der Waals surface area contributed by atoms with Crippen LogP contribution in [0.2, 0.25) is 0 Å². The highest BCUT2D eigenvalue weighted by molar-refractivity contribution is 9.09. The lowest BCUT2D eigenvalue weighted by Gasteiger charge is -2.29. The number of rotatable bonds is 4. The standard InChI is InChI=1S/C10H13BrF3NO3/c1-2-18-9(17)4-7(10(12,13)14)15-5-6(11)3-8(15)16/h6-7H,2-5H2,1H3. The molecule has 0 aromatic rings. The molecule has 0 aromatic carbocycles. The zero-order valence-corrected chi connectivity index (χ0v) is 11.3. The van der Waals surface area contributed by atoms with Gasteiger partial charge in [0.15, 0.2) is 0 Å². The zero-order chi connectivity index (χ0) is 13.9. The normalized spacial score (nSPS) is 22.2. The highest BCUT2D eigenvalue weighted by atomic mass is 79.9. The van der Waals surface area contributed by atoms with Crippen LogP contribution in [-0.2, 0) is 14.3 Å². The molecular formula is C10H13BrF3NO3. The molecule has 1 saturated heterocycles. The summed E-state index contributed by atoms with van der Waals surface area (Å²) in [6, 6.07) is -2.11. The molecule has 104 valence electrons. The van der Waals surface area contributed by atoms with Crippen molar-refractivity contribution in [3.05, 3.63) is 0 Å². The van der Waals surface area contributed by atoms with Crippen molar-refractivity contribution >= 4 is 27.8 Å². The first-order valence-electron chi connectivity index (χ1n) is 5.41. The van der Waals surface area contributed by atoms with Crippen LogP contribution < -0.4 is 0 Å². The van der Waals surface area contributed by atoms with E-state index in [1.165, 1.54) is 6.92 Å². The summed E-state index contributed by atoms with van der Waals surface area (Å²) in [5.74, 6) is -1.56. The third-order valence-corrected chi connectivity index (χ3v) is 3.14. The Morgan fingerprint density at radius 1 is 1.61 bits per heavy atom. The van der Waals surface area contributed by atoms with Crippen molar-refractivity contribution in [2.75, 3.05) is 13.2 Å². The largest absolute Gasteiger partial charge is 0.466 e. The number of halogens is 4. The van der Waals surface area contributed by atoms with E-state index in [2.05, 4.69) is 20.7 Å². The Kier molecular flexibility index (Phi) is 5.01. The first kappa shape index (κ1) is 15.3. The van der Waals surface area contributed by atoms with Gasteiger partial charge in [0.2, 0.25) is 5.91 Å². The molecule has 8 heteroatoms. The monoisotopic (exact) mass is 331 g/mol. The van der Waals surface area contributed by atoms with Crippen LogP contribution in [0.25, 0.3) is 0 Å². The summed E-state index contributed by atoms with van der Waals surface area (Å²) in [6.07, 6.45) is -5.49. The van der Waals surface area contributed by atoms with Crippen molar-refractivity contribution in [3.63, 3.8) is 0 Å². The van der Waals surface area contributed by atoms with Crippen LogP contribution in [0.3, 0.4) is 0 Å². The molecule has 1 heterocycles. The molecule has 1 amide bonds. The minimum atomic E-state index is -4.64. The van der Waals surface area contributed by atoms with Crippen molar-refractivity contribution in [2.45, 2.75) is 36.8 Å². The first-order valence-corrected chi connectivity index (χ1v) is 6.33. The van der Waals surface area contributed by atoms with Crippen LogP contribution >= 0.6 is 15.9 Å². The van der Waals surface area contributed by atoms with Crippen molar-refractivity contribution in [1.29, 1.82) is 0 Å². The van der Waals surface area contributed by atoms with E-state index >= 15 is 0 Å². The number of carbonyl (C=O) groups is 2. The van der Waals surface area contributed by atoms with E-state index < -0.39 is 30.5 Å². The molecule has 4 nitrogen and oxygen atoms in total. The molecule has 0 aliphatic carbocycles. The van der Waals surface area contributed by atoms with Crippen LogP contribution in [0.5, 0.6) is 0 Å². The molecule has 0 radical (unpaired) electrons. The Bertz CT molecular complexity index is 335. The van der Waals surface area contributed by atoms with Gasteiger partial charge in [-0.25, -0.2) is 0 Å². The molecule has 0 spiro atoms. The predicted octanol–water partition coefficient (Wildman–Crippen LogP) is 1.87. The Morgan fingerprint density at radius 2 is 2.22 bits per heavy atom. The molecule has 0 saturated carbocycles. The number of hydrogen-bond acceptors (Lipinski definition) is 3. The SMILES string of the molecule is CCOC(=O)CC(N1CC(Br)CC1=O)C(F)(F)F. The minimum absolute atomic E-state index is 0.00933. The molecule has 2 atom stereocenters. The summed E-state index contributed by atoms with van der Waals surface area (Å²) in [6.45, 7) is 1.47. The fraction of sp³-hybridized carbons (Fsp3) is 0.800. The van der Waals surface area contributed by atoms with E-state index in [9.17, 15) is 22.8 Å². The number of esters is 1. The third kappa shape index (κ3) is 3.86. The lowest BCUT2D eigenvalue weighted by molar-refractivity contribution is -0.192. The topological polar surface area (TPSA) is 46.6 Å². The van der Waals surface area contributed by atoms with Crippen LogP contribution in [-0.4, -0.2) is 47.0 Å². The maximum atomic E-state index is 12.9. The minimum Gasteiger partial charge on any atom is -0.466 e. The Morgan fingerprint density at radius 3 is 2.61 bits per heavy atom. The molecule has 0 bridgehead atoms. The molecule has 0 aromatic heterocycles. The quantitative estimate of drug-likeness (QED) is 0.583. The van der Waals surface area contributed by atoms with Gasteiger partial charge in [-0.1, -0.05) is 15.9 Å². The highest BCUT2D eigenvalue weighted by Crippen LogP contribution is 2.32. The number of likely N-dealkylation sites (tertiary alicyclic amines) is 1. The molecule has 0 N–H and O–H groups in total. The van der Waals surface area contributed by atoms with Crippen LogP contribution in [0.15, 0.2) is 0 Å². The second-order valence-electron chi connectivity index (χ2n) is 3.91. The van der Waals surface area contributed by atoms with Crippen molar-refractivity contribution in [1.82, 2.24) is 4.90 Å². The molecule has 2 unspecified atom stereocenters. The van der Waals surface area contributed by atoms with E-state index in [-0.39, 0.29) is 24.4 Å².